The third-order valence-electron chi connectivity index (χ3n) is 2.41. The monoisotopic (exact) mass is 249 g/mol. The Labute approximate surface area is 96.5 Å². The van der Waals surface area contributed by atoms with E-state index in [-0.39, 0.29) is 17.4 Å². The van der Waals surface area contributed by atoms with Crippen molar-refractivity contribution in [2.45, 2.75) is 20.3 Å². The highest BCUT2D eigenvalue weighted by molar-refractivity contribution is 7.91. The second-order valence-electron chi connectivity index (χ2n) is 4.64. The van der Waals surface area contributed by atoms with Gasteiger partial charge in [-0.1, -0.05) is 13.8 Å². The lowest BCUT2D eigenvalue weighted by molar-refractivity contribution is 0.132. The Morgan fingerprint density at radius 3 is 2.69 bits per heavy atom. The van der Waals surface area contributed by atoms with Gasteiger partial charge in [0.25, 0.3) is 0 Å². The molecule has 1 heterocycles. The molecule has 5 nitrogen and oxygen atoms in total. The van der Waals surface area contributed by atoms with Gasteiger partial charge >= 0.3 is 6.09 Å². The molecule has 0 aromatic rings. The third-order valence-corrected chi connectivity index (χ3v) is 4.25. The van der Waals surface area contributed by atoms with E-state index in [4.69, 9.17) is 4.74 Å². The van der Waals surface area contributed by atoms with Crippen molar-refractivity contribution in [2.24, 2.45) is 11.8 Å². The van der Waals surface area contributed by atoms with E-state index in [1.165, 1.54) is 0 Å². The lowest BCUT2D eigenvalue weighted by atomic mass is 10.1. The molecule has 0 aromatic carbocycles. The van der Waals surface area contributed by atoms with Crippen LogP contribution < -0.4 is 5.32 Å². The van der Waals surface area contributed by atoms with Crippen molar-refractivity contribution in [1.29, 1.82) is 0 Å². The Kier molecular flexibility index (Phi) is 4.58. The zero-order valence-corrected chi connectivity index (χ0v) is 10.5. The SMILES string of the molecule is CC(C)COC(=O)NC[C@H]1CCS(=O)(=O)C1. The second kappa shape index (κ2) is 5.52. The van der Waals surface area contributed by atoms with Gasteiger partial charge in [0.15, 0.2) is 9.84 Å². The van der Waals surface area contributed by atoms with E-state index in [0.717, 1.165) is 0 Å². The van der Waals surface area contributed by atoms with Crippen LogP contribution in [0.1, 0.15) is 20.3 Å². The number of amides is 1. The van der Waals surface area contributed by atoms with Crippen molar-refractivity contribution in [3.8, 4) is 0 Å². The number of nitrogens with one attached hydrogen (secondary N) is 1. The molecule has 6 heteroatoms. The first-order valence-corrected chi connectivity index (χ1v) is 7.32. The Balaban J connectivity index is 2.18. The van der Waals surface area contributed by atoms with Crippen LogP contribution in [-0.4, -0.2) is 39.2 Å². The van der Waals surface area contributed by atoms with E-state index >= 15 is 0 Å². The van der Waals surface area contributed by atoms with Crippen LogP contribution in [0.2, 0.25) is 0 Å². The highest BCUT2D eigenvalue weighted by Crippen LogP contribution is 2.17. The number of carbonyl (C=O) groups is 1. The minimum Gasteiger partial charge on any atom is -0.449 e. The molecule has 94 valence electrons. The van der Waals surface area contributed by atoms with Gasteiger partial charge in [0.05, 0.1) is 18.1 Å². The molecule has 1 rings (SSSR count). The van der Waals surface area contributed by atoms with Crippen LogP contribution in [-0.2, 0) is 14.6 Å². The van der Waals surface area contributed by atoms with Gasteiger partial charge in [0.1, 0.15) is 0 Å². The summed E-state index contributed by atoms with van der Waals surface area (Å²) in [4.78, 5) is 11.2. The average molecular weight is 249 g/mol. The minimum atomic E-state index is -2.86. The first-order chi connectivity index (χ1) is 7.39. The van der Waals surface area contributed by atoms with Gasteiger partial charge in [0.2, 0.25) is 0 Å². The van der Waals surface area contributed by atoms with Crippen LogP contribution in [0, 0.1) is 11.8 Å². The van der Waals surface area contributed by atoms with Crippen molar-refractivity contribution < 1.29 is 17.9 Å². The number of sulfone groups is 1. The third kappa shape index (κ3) is 4.83. The molecule has 0 aromatic heterocycles. The molecule has 1 atom stereocenters. The van der Waals surface area contributed by atoms with Crippen LogP contribution >= 0.6 is 0 Å². The van der Waals surface area contributed by atoms with E-state index in [1.54, 1.807) is 0 Å². The van der Waals surface area contributed by atoms with Crippen molar-refractivity contribution in [2.75, 3.05) is 24.7 Å². The first-order valence-electron chi connectivity index (χ1n) is 5.50. The molecule has 0 saturated carbocycles. The van der Waals surface area contributed by atoms with Gasteiger partial charge in [-0.15, -0.1) is 0 Å². The molecular weight excluding hydrogens is 230 g/mol. The lowest BCUT2D eigenvalue weighted by Gasteiger charge is -2.11. The van der Waals surface area contributed by atoms with Crippen molar-refractivity contribution in [3.05, 3.63) is 0 Å². The van der Waals surface area contributed by atoms with Gasteiger partial charge in [-0.2, -0.15) is 0 Å². The molecule has 1 amide bonds. The normalized spacial score (nSPS) is 23.3. The summed E-state index contributed by atoms with van der Waals surface area (Å²) in [5.74, 6) is 0.756. The Morgan fingerprint density at radius 2 is 2.19 bits per heavy atom. The van der Waals surface area contributed by atoms with Gasteiger partial charge in [0, 0.05) is 6.54 Å². The van der Waals surface area contributed by atoms with E-state index in [0.29, 0.717) is 25.5 Å². The standard InChI is InChI=1S/C10H19NO4S/c1-8(2)6-15-10(12)11-5-9-3-4-16(13,14)7-9/h8-9H,3-7H2,1-2H3,(H,11,12)/t9-/m1/s1. The summed E-state index contributed by atoms with van der Waals surface area (Å²) in [5.41, 5.74) is 0. The van der Waals surface area contributed by atoms with E-state index in [9.17, 15) is 13.2 Å². The molecule has 1 saturated heterocycles. The van der Waals surface area contributed by atoms with E-state index in [2.05, 4.69) is 5.32 Å². The van der Waals surface area contributed by atoms with Crippen LogP contribution in [0.3, 0.4) is 0 Å². The maximum Gasteiger partial charge on any atom is 0.407 e. The highest BCUT2D eigenvalue weighted by atomic mass is 32.2. The maximum atomic E-state index is 11.2. The number of carbonyl (C=O) groups excluding carboxylic acids is 1. The van der Waals surface area contributed by atoms with Crippen LogP contribution in [0.15, 0.2) is 0 Å². The Bertz CT molecular complexity index is 337. The number of alkyl carbamates (subject to hydrolysis) is 1. The zero-order chi connectivity index (χ0) is 12.2. The van der Waals surface area contributed by atoms with Crippen molar-refractivity contribution >= 4 is 15.9 Å². The fourth-order valence-electron chi connectivity index (χ4n) is 1.55. The summed E-state index contributed by atoms with van der Waals surface area (Å²) in [6.07, 6.45) is 0.172. The molecule has 0 unspecified atom stereocenters. The number of hydrogen-bond acceptors (Lipinski definition) is 4. The van der Waals surface area contributed by atoms with Gasteiger partial charge in [-0.25, -0.2) is 13.2 Å². The maximum absolute atomic E-state index is 11.2. The van der Waals surface area contributed by atoms with E-state index in [1.807, 2.05) is 13.8 Å². The van der Waals surface area contributed by atoms with Crippen LogP contribution in [0.4, 0.5) is 4.79 Å². The predicted octanol–water partition coefficient (Wildman–Crippen LogP) is 0.803. The number of rotatable bonds is 4. The topological polar surface area (TPSA) is 72.5 Å². The molecule has 1 N–H and O–H groups in total. The zero-order valence-electron chi connectivity index (χ0n) is 9.73. The average Bonchev–Trinajstić information content (AvgIpc) is 2.52. The van der Waals surface area contributed by atoms with E-state index < -0.39 is 15.9 Å². The summed E-state index contributed by atoms with van der Waals surface area (Å²) in [6, 6.07) is 0. The fraction of sp³-hybridized carbons (Fsp3) is 0.900. The molecule has 1 aliphatic rings. The summed E-state index contributed by atoms with van der Waals surface area (Å²) >= 11 is 0. The van der Waals surface area contributed by atoms with Gasteiger partial charge in [-0.05, 0) is 18.3 Å². The molecule has 16 heavy (non-hydrogen) atoms. The first kappa shape index (κ1) is 13.3. The summed E-state index contributed by atoms with van der Waals surface area (Å²) in [6.45, 7) is 4.68. The Hall–Kier alpha value is -0.780. The number of hydrogen-bond donors (Lipinski definition) is 1. The Morgan fingerprint density at radius 1 is 1.50 bits per heavy atom. The quantitative estimate of drug-likeness (QED) is 0.800. The summed E-state index contributed by atoms with van der Waals surface area (Å²) in [7, 11) is -2.86. The largest absolute Gasteiger partial charge is 0.449 e. The predicted molar refractivity (Wildman–Crippen MR) is 60.9 cm³/mol. The smallest absolute Gasteiger partial charge is 0.407 e. The molecular formula is C10H19NO4S. The van der Waals surface area contributed by atoms with Crippen LogP contribution in [0.25, 0.3) is 0 Å². The minimum absolute atomic E-state index is 0.0385. The van der Waals surface area contributed by atoms with Gasteiger partial charge in [-0.3, -0.25) is 0 Å². The molecule has 1 aliphatic heterocycles. The molecule has 0 aliphatic carbocycles. The molecule has 1 fully saturated rings. The van der Waals surface area contributed by atoms with Crippen LogP contribution in [0.5, 0.6) is 0 Å². The number of ether oxygens (including phenoxy) is 1. The second-order valence-corrected chi connectivity index (χ2v) is 6.87. The molecule has 0 radical (unpaired) electrons. The van der Waals surface area contributed by atoms with Crippen molar-refractivity contribution in [1.82, 2.24) is 5.32 Å². The molecule has 0 spiro atoms. The summed E-state index contributed by atoms with van der Waals surface area (Å²) < 4.78 is 27.2. The highest BCUT2D eigenvalue weighted by Gasteiger charge is 2.27. The lowest BCUT2D eigenvalue weighted by Crippen LogP contribution is -2.31. The van der Waals surface area contributed by atoms with Gasteiger partial charge < -0.3 is 10.1 Å². The summed E-state index contributed by atoms with van der Waals surface area (Å²) in [5, 5.41) is 2.59. The van der Waals surface area contributed by atoms with Crippen molar-refractivity contribution in [3.63, 3.8) is 0 Å². The fourth-order valence-corrected chi connectivity index (χ4v) is 3.42. The molecule has 0 bridgehead atoms.